The van der Waals surface area contributed by atoms with Crippen molar-refractivity contribution in [1.29, 1.82) is 0 Å². The molecule has 1 aliphatic rings. The number of hydrogen-bond donors (Lipinski definition) is 2. The van der Waals surface area contributed by atoms with Crippen LogP contribution < -0.4 is 10.0 Å². The molecule has 0 bridgehead atoms. The summed E-state index contributed by atoms with van der Waals surface area (Å²) in [7, 11) is -2.35. The molecule has 5 nitrogen and oxygen atoms in total. The molecule has 0 aliphatic carbocycles. The highest BCUT2D eigenvalue weighted by Crippen LogP contribution is 2.15. The standard InChI is InChI=1S/C11H15FN2O3S/c1-17-10-7-13-6-9(10)14-18(15,16)11-5-3-2-4-8(11)12/h2-5,9-10,13-14H,6-7H2,1H3/t9?,10-/m1/s1. The van der Waals surface area contributed by atoms with E-state index in [9.17, 15) is 12.8 Å². The van der Waals surface area contributed by atoms with E-state index in [2.05, 4.69) is 10.0 Å². The summed E-state index contributed by atoms with van der Waals surface area (Å²) >= 11 is 0. The number of hydrogen-bond acceptors (Lipinski definition) is 4. The van der Waals surface area contributed by atoms with Gasteiger partial charge in [0.1, 0.15) is 10.7 Å². The highest BCUT2D eigenvalue weighted by Gasteiger charge is 2.32. The number of halogens is 1. The van der Waals surface area contributed by atoms with Gasteiger partial charge in [0, 0.05) is 20.2 Å². The summed E-state index contributed by atoms with van der Waals surface area (Å²) in [5.74, 6) is -0.759. The van der Waals surface area contributed by atoms with Crippen LogP contribution in [0.5, 0.6) is 0 Å². The molecule has 0 spiro atoms. The molecular formula is C11H15FN2O3S. The topological polar surface area (TPSA) is 67.4 Å². The van der Waals surface area contributed by atoms with E-state index in [0.717, 1.165) is 6.07 Å². The third-order valence-corrected chi connectivity index (χ3v) is 4.42. The average molecular weight is 274 g/mol. The average Bonchev–Trinajstić information content (AvgIpc) is 2.76. The largest absolute Gasteiger partial charge is 0.378 e. The zero-order valence-electron chi connectivity index (χ0n) is 9.89. The van der Waals surface area contributed by atoms with Crippen molar-refractivity contribution in [2.75, 3.05) is 20.2 Å². The second-order valence-corrected chi connectivity index (χ2v) is 5.77. The summed E-state index contributed by atoms with van der Waals surface area (Å²) in [5.41, 5.74) is 0. The van der Waals surface area contributed by atoms with Crippen molar-refractivity contribution in [1.82, 2.24) is 10.0 Å². The van der Waals surface area contributed by atoms with Crippen molar-refractivity contribution in [3.63, 3.8) is 0 Å². The minimum absolute atomic E-state index is 0.244. The van der Waals surface area contributed by atoms with E-state index in [1.807, 2.05) is 0 Å². The first-order chi connectivity index (χ1) is 8.54. The molecule has 0 amide bonds. The lowest BCUT2D eigenvalue weighted by molar-refractivity contribution is 0.103. The molecule has 18 heavy (non-hydrogen) atoms. The van der Waals surface area contributed by atoms with Crippen molar-refractivity contribution in [2.45, 2.75) is 17.0 Å². The molecule has 1 aliphatic heterocycles. The molecule has 1 aromatic carbocycles. The summed E-state index contributed by atoms with van der Waals surface area (Å²) < 4.78 is 45.2. The molecular weight excluding hydrogens is 259 g/mol. The molecule has 0 radical (unpaired) electrons. The summed E-state index contributed by atoms with van der Waals surface area (Å²) in [6.45, 7) is 1.03. The van der Waals surface area contributed by atoms with E-state index < -0.39 is 15.8 Å². The first-order valence-electron chi connectivity index (χ1n) is 5.55. The van der Waals surface area contributed by atoms with Crippen LogP contribution in [-0.2, 0) is 14.8 Å². The lowest BCUT2D eigenvalue weighted by atomic mass is 10.2. The minimum Gasteiger partial charge on any atom is -0.378 e. The van der Waals surface area contributed by atoms with E-state index in [0.29, 0.717) is 13.1 Å². The maximum absolute atomic E-state index is 13.5. The monoisotopic (exact) mass is 274 g/mol. The molecule has 100 valence electrons. The van der Waals surface area contributed by atoms with Gasteiger partial charge in [0.05, 0.1) is 12.1 Å². The zero-order chi connectivity index (χ0) is 13.2. The van der Waals surface area contributed by atoms with Crippen LogP contribution in [0.2, 0.25) is 0 Å². The van der Waals surface area contributed by atoms with Crippen LogP contribution in [0.1, 0.15) is 0 Å². The maximum Gasteiger partial charge on any atom is 0.243 e. The van der Waals surface area contributed by atoms with Crippen molar-refractivity contribution >= 4 is 10.0 Å². The summed E-state index contributed by atoms with van der Waals surface area (Å²) in [5, 5.41) is 3.02. The van der Waals surface area contributed by atoms with E-state index in [1.54, 1.807) is 0 Å². The van der Waals surface area contributed by atoms with Gasteiger partial charge in [-0.1, -0.05) is 12.1 Å². The summed E-state index contributed by atoms with van der Waals surface area (Å²) in [4.78, 5) is -0.341. The van der Waals surface area contributed by atoms with Crippen LogP contribution in [0.3, 0.4) is 0 Å². The van der Waals surface area contributed by atoms with Gasteiger partial charge >= 0.3 is 0 Å². The van der Waals surface area contributed by atoms with Crippen LogP contribution in [0.4, 0.5) is 4.39 Å². The Labute approximate surface area is 105 Å². The second-order valence-electron chi connectivity index (χ2n) is 4.09. The van der Waals surface area contributed by atoms with Crippen LogP contribution in [-0.4, -0.2) is 40.8 Å². The van der Waals surface area contributed by atoms with Crippen LogP contribution in [0.15, 0.2) is 29.2 Å². The van der Waals surface area contributed by atoms with Gasteiger partial charge in [-0.25, -0.2) is 17.5 Å². The number of ether oxygens (including phenoxy) is 1. The molecule has 1 aromatic rings. The first-order valence-corrected chi connectivity index (χ1v) is 7.03. The SMILES string of the molecule is CO[C@@H]1CNCC1NS(=O)(=O)c1ccccc1F. The van der Waals surface area contributed by atoms with Gasteiger partial charge in [-0.3, -0.25) is 0 Å². The summed E-state index contributed by atoms with van der Waals surface area (Å²) in [6.07, 6.45) is -0.244. The Morgan fingerprint density at radius 3 is 2.78 bits per heavy atom. The lowest BCUT2D eigenvalue weighted by Gasteiger charge is -2.18. The summed E-state index contributed by atoms with van der Waals surface area (Å²) in [6, 6.07) is 4.90. The Morgan fingerprint density at radius 1 is 1.39 bits per heavy atom. The minimum atomic E-state index is -3.86. The van der Waals surface area contributed by atoms with E-state index in [4.69, 9.17) is 4.74 Å². The van der Waals surface area contributed by atoms with Crippen molar-refractivity contribution in [2.24, 2.45) is 0 Å². The third-order valence-electron chi connectivity index (χ3n) is 2.89. The molecule has 1 fully saturated rings. The molecule has 1 heterocycles. The van der Waals surface area contributed by atoms with Gasteiger partial charge in [-0.2, -0.15) is 0 Å². The fraction of sp³-hybridized carbons (Fsp3) is 0.455. The Bertz CT molecular complexity index is 521. The van der Waals surface area contributed by atoms with Gasteiger partial charge in [0.25, 0.3) is 0 Å². The number of methoxy groups -OCH3 is 1. The molecule has 2 N–H and O–H groups in total. The van der Waals surface area contributed by atoms with Crippen molar-refractivity contribution in [3.05, 3.63) is 30.1 Å². The number of rotatable bonds is 4. The highest BCUT2D eigenvalue weighted by molar-refractivity contribution is 7.89. The number of benzene rings is 1. The number of nitrogens with one attached hydrogen (secondary N) is 2. The normalized spacial score (nSPS) is 24.3. The van der Waals surface area contributed by atoms with Crippen molar-refractivity contribution in [3.8, 4) is 0 Å². The third kappa shape index (κ3) is 2.69. The highest BCUT2D eigenvalue weighted by atomic mass is 32.2. The van der Waals surface area contributed by atoms with E-state index in [1.165, 1.54) is 25.3 Å². The first kappa shape index (κ1) is 13.4. The fourth-order valence-corrected chi connectivity index (χ4v) is 3.29. The predicted molar refractivity (Wildman–Crippen MR) is 64.2 cm³/mol. The quantitative estimate of drug-likeness (QED) is 0.816. The Hall–Kier alpha value is -1.02. The van der Waals surface area contributed by atoms with Gasteiger partial charge in [-0.05, 0) is 12.1 Å². The molecule has 0 aromatic heterocycles. The lowest BCUT2D eigenvalue weighted by Crippen LogP contribution is -2.43. The smallest absolute Gasteiger partial charge is 0.243 e. The van der Waals surface area contributed by atoms with Gasteiger partial charge < -0.3 is 10.1 Å². The Kier molecular flexibility index (Phi) is 3.96. The second kappa shape index (κ2) is 5.31. The number of sulfonamides is 1. The molecule has 0 saturated carbocycles. The van der Waals surface area contributed by atoms with E-state index >= 15 is 0 Å². The molecule has 1 unspecified atom stereocenters. The van der Waals surface area contributed by atoms with E-state index in [-0.39, 0.29) is 17.0 Å². The molecule has 1 saturated heterocycles. The zero-order valence-corrected chi connectivity index (χ0v) is 10.7. The van der Waals surface area contributed by atoms with Crippen molar-refractivity contribution < 1.29 is 17.5 Å². The van der Waals surface area contributed by atoms with Gasteiger partial charge in [-0.15, -0.1) is 0 Å². The van der Waals surface area contributed by atoms with Crippen LogP contribution in [0, 0.1) is 5.82 Å². The van der Waals surface area contributed by atoms with Crippen LogP contribution in [0.25, 0.3) is 0 Å². The fourth-order valence-electron chi connectivity index (χ4n) is 1.95. The Morgan fingerprint density at radius 2 is 2.11 bits per heavy atom. The van der Waals surface area contributed by atoms with Gasteiger partial charge in [0.2, 0.25) is 10.0 Å². The molecule has 2 atom stereocenters. The predicted octanol–water partition coefficient (Wildman–Crippen LogP) is 0.0908. The molecule has 7 heteroatoms. The molecule has 2 rings (SSSR count). The van der Waals surface area contributed by atoms with Crippen LogP contribution >= 0.6 is 0 Å². The van der Waals surface area contributed by atoms with Gasteiger partial charge in [0.15, 0.2) is 0 Å². The Balaban J connectivity index is 2.20. The maximum atomic E-state index is 13.5.